The highest BCUT2D eigenvalue weighted by molar-refractivity contribution is 7.03. The van der Waals surface area contributed by atoms with E-state index in [1.165, 1.54) is 11.5 Å². The maximum Gasteiger partial charge on any atom is 0.201 e. The Kier molecular flexibility index (Phi) is 2.06. The van der Waals surface area contributed by atoms with Crippen molar-refractivity contribution in [2.24, 2.45) is 5.73 Å². The Morgan fingerprint density at radius 2 is 2.36 bits per heavy atom. The predicted molar refractivity (Wildman–Crippen MR) is 44.7 cm³/mol. The van der Waals surface area contributed by atoms with Crippen molar-refractivity contribution in [2.75, 3.05) is 0 Å². The third-order valence-electron chi connectivity index (χ3n) is 1.26. The molecule has 3 nitrogen and oxygen atoms in total. The van der Waals surface area contributed by atoms with Crippen molar-refractivity contribution in [3.8, 4) is 0 Å². The van der Waals surface area contributed by atoms with Crippen LogP contribution in [0.5, 0.6) is 0 Å². The highest BCUT2D eigenvalue weighted by atomic mass is 32.1. The molecule has 0 bridgehead atoms. The minimum Gasteiger partial charge on any atom is -0.319 e. The molecule has 0 aliphatic heterocycles. The molecule has 0 atom stereocenters. The fraction of sp³-hybridized carbons (Fsp3) is 0.429. The maximum atomic E-state index is 11.3. The van der Waals surface area contributed by atoms with Crippen molar-refractivity contribution in [3.63, 3.8) is 0 Å². The van der Waals surface area contributed by atoms with Crippen LogP contribution in [-0.4, -0.2) is 15.7 Å². The van der Waals surface area contributed by atoms with Crippen LogP contribution in [0.3, 0.4) is 0 Å². The van der Waals surface area contributed by atoms with E-state index >= 15 is 0 Å². The van der Waals surface area contributed by atoms with Crippen LogP contribution in [0.1, 0.15) is 24.3 Å². The summed E-state index contributed by atoms with van der Waals surface area (Å²) < 4.78 is 3.89. The van der Waals surface area contributed by atoms with Crippen LogP contribution < -0.4 is 5.73 Å². The van der Waals surface area contributed by atoms with Gasteiger partial charge in [0.2, 0.25) is 5.78 Å². The van der Waals surface area contributed by atoms with Gasteiger partial charge in [-0.1, -0.05) is 0 Å². The lowest BCUT2D eigenvalue weighted by molar-refractivity contribution is 0.0909. The standard InChI is InChI=1S/C7H10N2OS/c1-7(2,8)6(10)5-3-4-11-9-5/h3-4H,8H2,1-2H3. The molecule has 0 spiro atoms. The van der Waals surface area contributed by atoms with Gasteiger partial charge in [-0.2, -0.15) is 4.37 Å². The Bertz CT molecular complexity index is 248. The molecule has 0 aliphatic rings. The molecule has 4 heteroatoms. The van der Waals surface area contributed by atoms with E-state index in [1.807, 2.05) is 0 Å². The van der Waals surface area contributed by atoms with Gasteiger partial charge in [-0.05, 0) is 31.4 Å². The van der Waals surface area contributed by atoms with Crippen molar-refractivity contribution in [1.29, 1.82) is 0 Å². The summed E-state index contributed by atoms with van der Waals surface area (Å²) in [6.07, 6.45) is 0. The number of rotatable bonds is 2. The zero-order chi connectivity index (χ0) is 8.48. The first kappa shape index (κ1) is 8.36. The number of carbonyl (C=O) groups is 1. The van der Waals surface area contributed by atoms with Crippen molar-refractivity contribution in [1.82, 2.24) is 4.37 Å². The Morgan fingerprint density at radius 3 is 2.73 bits per heavy atom. The summed E-state index contributed by atoms with van der Waals surface area (Å²) in [5.74, 6) is -0.112. The highest BCUT2D eigenvalue weighted by Crippen LogP contribution is 2.09. The summed E-state index contributed by atoms with van der Waals surface area (Å²) >= 11 is 1.26. The van der Waals surface area contributed by atoms with Gasteiger partial charge in [0.1, 0.15) is 5.69 Å². The molecule has 0 unspecified atom stereocenters. The van der Waals surface area contributed by atoms with E-state index in [2.05, 4.69) is 4.37 Å². The van der Waals surface area contributed by atoms with Crippen LogP contribution >= 0.6 is 11.5 Å². The van der Waals surface area contributed by atoms with Gasteiger partial charge in [-0.3, -0.25) is 4.79 Å². The third-order valence-corrected chi connectivity index (χ3v) is 1.82. The Morgan fingerprint density at radius 1 is 1.73 bits per heavy atom. The number of aromatic nitrogens is 1. The van der Waals surface area contributed by atoms with Crippen molar-refractivity contribution in [2.45, 2.75) is 19.4 Å². The fourth-order valence-electron chi connectivity index (χ4n) is 0.660. The van der Waals surface area contributed by atoms with E-state index in [0.29, 0.717) is 5.69 Å². The molecule has 0 aliphatic carbocycles. The monoisotopic (exact) mass is 170 g/mol. The lowest BCUT2D eigenvalue weighted by Crippen LogP contribution is -2.41. The molecule has 2 N–H and O–H groups in total. The number of carbonyl (C=O) groups excluding carboxylic acids is 1. The molecule has 0 saturated heterocycles. The number of nitrogens with zero attached hydrogens (tertiary/aromatic N) is 1. The lowest BCUT2D eigenvalue weighted by atomic mass is 9.99. The minimum absolute atomic E-state index is 0.112. The SMILES string of the molecule is CC(C)(N)C(=O)c1ccsn1. The molecule has 60 valence electrons. The molecular formula is C7H10N2OS. The largest absolute Gasteiger partial charge is 0.319 e. The number of ketones is 1. The van der Waals surface area contributed by atoms with Crippen molar-refractivity contribution >= 4 is 17.3 Å². The van der Waals surface area contributed by atoms with Gasteiger partial charge in [0.15, 0.2) is 0 Å². The molecule has 1 aromatic rings. The molecule has 0 radical (unpaired) electrons. The summed E-state index contributed by atoms with van der Waals surface area (Å²) in [5.41, 5.74) is 5.23. The number of nitrogens with two attached hydrogens (primary N) is 1. The molecule has 0 aromatic carbocycles. The predicted octanol–water partition coefficient (Wildman–Crippen LogP) is 1.06. The zero-order valence-electron chi connectivity index (χ0n) is 6.50. The van der Waals surface area contributed by atoms with Gasteiger partial charge in [0.05, 0.1) is 5.54 Å². The number of hydrogen-bond acceptors (Lipinski definition) is 4. The average molecular weight is 170 g/mol. The van der Waals surface area contributed by atoms with E-state index in [9.17, 15) is 4.79 Å². The molecule has 0 amide bonds. The van der Waals surface area contributed by atoms with Crippen LogP contribution in [0.15, 0.2) is 11.4 Å². The summed E-state index contributed by atoms with van der Waals surface area (Å²) in [7, 11) is 0. The summed E-state index contributed by atoms with van der Waals surface area (Å²) in [6, 6.07) is 1.68. The topological polar surface area (TPSA) is 56.0 Å². The van der Waals surface area contributed by atoms with Gasteiger partial charge in [-0.25, -0.2) is 0 Å². The van der Waals surface area contributed by atoms with Crippen LogP contribution in [0.4, 0.5) is 0 Å². The van der Waals surface area contributed by atoms with Crippen LogP contribution in [0.2, 0.25) is 0 Å². The minimum atomic E-state index is -0.811. The smallest absolute Gasteiger partial charge is 0.201 e. The highest BCUT2D eigenvalue weighted by Gasteiger charge is 2.24. The first-order valence-electron chi connectivity index (χ1n) is 3.26. The van der Waals surface area contributed by atoms with Crippen LogP contribution in [0, 0.1) is 0 Å². The van der Waals surface area contributed by atoms with Crippen molar-refractivity contribution in [3.05, 3.63) is 17.1 Å². The van der Waals surface area contributed by atoms with E-state index in [4.69, 9.17) is 5.73 Å². The second-order valence-electron chi connectivity index (χ2n) is 2.94. The molecule has 1 rings (SSSR count). The average Bonchev–Trinajstić information content (AvgIpc) is 2.34. The quantitative estimate of drug-likeness (QED) is 0.675. The van der Waals surface area contributed by atoms with Gasteiger partial charge in [0.25, 0.3) is 0 Å². The first-order valence-corrected chi connectivity index (χ1v) is 4.09. The van der Waals surface area contributed by atoms with E-state index in [0.717, 1.165) is 0 Å². The van der Waals surface area contributed by atoms with Crippen LogP contribution in [0.25, 0.3) is 0 Å². The Balaban J connectivity index is 2.88. The first-order chi connectivity index (χ1) is 5.02. The van der Waals surface area contributed by atoms with E-state index in [1.54, 1.807) is 25.3 Å². The molecular weight excluding hydrogens is 160 g/mol. The number of hydrogen-bond donors (Lipinski definition) is 1. The summed E-state index contributed by atoms with van der Waals surface area (Å²) in [4.78, 5) is 11.3. The Hall–Kier alpha value is -0.740. The van der Waals surface area contributed by atoms with Gasteiger partial charge in [-0.15, -0.1) is 0 Å². The maximum absolute atomic E-state index is 11.3. The molecule has 11 heavy (non-hydrogen) atoms. The van der Waals surface area contributed by atoms with E-state index in [-0.39, 0.29) is 5.78 Å². The summed E-state index contributed by atoms with van der Waals surface area (Å²) in [5, 5.41) is 1.76. The normalized spacial score (nSPS) is 11.5. The second kappa shape index (κ2) is 2.71. The van der Waals surface area contributed by atoms with E-state index < -0.39 is 5.54 Å². The molecule has 1 heterocycles. The summed E-state index contributed by atoms with van der Waals surface area (Å²) in [6.45, 7) is 3.35. The second-order valence-corrected chi connectivity index (χ2v) is 3.60. The molecule has 0 fully saturated rings. The van der Waals surface area contributed by atoms with Crippen molar-refractivity contribution < 1.29 is 4.79 Å². The van der Waals surface area contributed by atoms with Gasteiger partial charge >= 0.3 is 0 Å². The van der Waals surface area contributed by atoms with Crippen LogP contribution in [-0.2, 0) is 0 Å². The lowest BCUT2D eigenvalue weighted by Gasteiger charge is -2.14. The third kappa shape index (κ3) is 1.85. The molecule has 1 aromatic heterocycles. The molecule has 0 saturated carbocycles. The van der Waals surface area contributed by atoms with Gasteiger partial charge in [0, 0.05) is 5.38 Å². The number of Topliss-reactive ketones (excluding diaryl/α,β-unsaturated/α-hetero) is 1. The Labute approximate surface area is 69.4 Å². The van der Waals surface area contributed by atoms with Gasteiger partial charge < -0.3 is 5.73 Å². The zero-order valence-corrected chi connectivity index (χ0v) is 7.31. The fourth-order valence-corrected chi connectivity index (χ4v) is 1.17.